The zero-order valence-corrected chi connectivity index (χ0v) is 16.4. The van der Waals surface area contributed by atoms with E-state index < -0.39 is 15.4 Å². The van der Waals surface area contributed by atoms with Gasteiger partial charge in [-0.1, -0.05) is 31.5 Å². The second-order valence-electron chi connectivity index (χ2n) is 6.78. The lowest BCUT2D eigenvalue weighted by Crippen LogP contribution is -2.36. The summed E-state index contributed by atoms with van der Waals surface area (Å²) in [5.74, 6) is 0.613. The molecule has 3 aromatic rings. The number of halogens is 1. The van der Waals surface area contributed by atoms with Crippen molar-refractivity contribution in [3.8, 4) is 5.75 Å². The van der Waals surface area contributed by atoms with Gasteiger partial charge >= 0.3 is 0 Å². The van der Waals surface area contributed by atoms with Crippen LogP contribution in [0.3, 0.4) is 0 Å². The van der Waals surface area contributed by atoms with Crippen molar-refractivity contribution in [1.29, 1.82) is 0 Å². The van der Waals surface area contributed by atoms with Gasteiger partial charge in [0, 0.05) is 34.1 Å². The van der Waals surface area contributed by atoms with Crippen LogP contribution in [0, 0.1) is 0 Å². The number of sulfonamides is 1. The molecule has 0 aliphatic heterocycles. The fourth-order valence-electron chi connectivity index (χ4n) is 2.87. The molecule has 1 aromatic heterocycles. The van der Waals surface area contributed by atoms with Gasteiger partial charge in [-0.05, 0) is 42.0 Å². The van der Waals surface area contributed by atoms with Crippen LogP contribution in [0.4, 0.5) is 0 Å². The monoisotopic (exact) mass is 392 g/mol. The number of benzene rings is 2. The largest absolute Gasteiger partial charge is 0.497 e. The number of ether oxygens (including phenoxy) is 1. The van der Waals surface area contributed by atoms with Crippen molar-refractivity contribution in [3.05, 3.63) is 59.2 Å². The summed E-state index contributed by atoms with van der Waals surface area (Å²) in [5, 5.41) is 1.69. The Morgan fingerprint density at radius 3 is 2.50 bits per heavy atom. The van der Waals surface area contributed by atoms with Gasteiger partial charge in [0.05, 0.1) is 12.0 Å². The minimum atomic E-state index is -3.61. The van der Waals surface area contributed by atoms with Crippen LogP contribution in [0.1, 0.15) is 19.4 Å². The van der Waals surface area contributed by atoms with Crippen molar-refractivity contribution < 1.29 is 13.2 Å². The van der Waals surface area contributed by atoms with E-state index in [0.717, 1.165) is 16.5 Å². The maximum atomic E-state index is 12.6. The van der Waals surface area contributed by atoms with Gasteiger partial charge in [-0.2, -0.15) is 0 Å². The summed E-state index contributed by atoms with van der Waals surface area (Å²) in [6.45, 7) is 4.26. The first-order chi connectivity index (χ1) is 12.2. The fourth-order valence-corrected chi connectivity index (χ4v) is 4.25. The first-order valence-electron chi connectivity index (χ1n) is 8.14. The topological polar surface area (TPSA) is 71.2 Å². The first kappa shape index (κ1) is 18.8. The van der Waals surface area contributed by atoms with E-state index in [1.54, 1.807) is 19.2 Å². The molecule has 0 saturated heterocycles. The molecule has 5 nitrogen and oxygen atoms in total. The molecule has 0 saturated carbocycles. The predicted molar refractivity (Wildman–Crippen MR) is 105 cm³/mol. The Bertz CT molecular complexity index is 1020. The molecule has 7 heteroatoms. The van der Waals surface area contributed by atoms with E-state index in [-0.39, 0.29) is 11.4 Å². The Balaban J connectivity index is 1.82. The molecule has 0 atom stereocenters. The summed E-state index contributed by atoms with van der Waals surface area (Å²) >= 11 is 6.03. The van der Waals surface area contributed by atoms with Crippen LogP contribution in [0.25, 0.3) is 10.9 Å². The third kappa shape index (κ3) is 3.72. The summed E-state index contributed by atoms with van der Waals surface area (Å²) in [6, 6.07) is 12.0. The zero-order chi connectivity index (χ0) is 18.9. The number of H-pyrrole nitrogens is 1. The summed E-state index contributed by atoms with van der Waals surface area (Å²) in [4.78, 5) is 3.41. The molecule has 26 heavy (non-hydrogen) atoms. The number of rotatable bonds is 6. The second-order valence-corrected chi connectivity index (χ2v) is 8.98. The van der Waals surface area contributed by atoms with E-state index in [4.69, 9.17) is 16.3 Å². The van der Waals surface area contributed by atoms with Crippen molar-refractivity contribution >= 4 is 32.5 Å². The van der Waals surface area contributed by atoms with Crippen molar-refractivity contribution in [3.63, 3.8) is 0 Å². The molecular formula is C19H21ClN2O3S. The second kappa shape index (κ2) is 6.95. The molecule has 2 aromatic carbocycles. The van der Waals surface area contributed by atoms with Gasteiger partial charge in [0.1, 0.15) is 5.75 Å². The lowest BCUT2D eigenvalue weighted by Gasteiger charge is -2.25. The minimum Gasteiger partial charge on any atom is -0.497 e. The quantitative estimate of drug-likeness (QED) is 0.663. The van der Waals surface area contributed by atoms with Gasteiger partial charge in [0.25, 0.3) is 0 Å². The van der Waals surface area contributed by atoms with E-state index in [2.05, 4.69) is 9.71 Å². The van der Waals surface area contributed by atoms with Crippen LogP contribution in [-0.4, -0.2) is 27.1 Å². The van der Waals surface area contributed by atoms with Crippen LogP contribution in [-0.2, 0) is 15.4 Å². The molecular weight excluding hydrogens is 372 g/mol. The van der Waals surface area contributed by atoms with Crippen LogP contribution in [0.5, 0.6) is 5.75 Å². The standard InChI is InChI=1S/C19H21ClN2O3S/c1-19(2,17-11-21-18-10-13(20)4-9-16(17)18)12-22-26(23,24)15-7-5-14(25-3)6-8-15/h4-11,21-22H,12H2,1-3H3. The van der Waals surface area contributed by atoms with Crippen molar-refractivity contribution in [2.75, 3.05) is 13.7 Å². The average molecular weight is 393 g/mol. The number of aromatic nitrogens is 1. The van der Waals surface area contributed by atoms with E-state index >= 15 is 0 Å². The number of aromatic amines is 1. The normalized spacial score (nSPS) is 12.5. The Kier molecular flexibility index (Phi) is 5.01. The summed E-state index contributed by atoms with van der Waals surface area (Å²) in [6.07, 6.45) is 1.91. The number of hydrogen-bond donors (Lipinski definition) is 2. The van der Waals surface area contributed by atoms with Crippen LogP contribution < -0.4 is 9.46 Å². The molecule has 0 spiro atoms. The Morgan fingerprint density at radius 1 is 1.15 bits per heavy atom. The van der Waals surface area contributed by atoms with Gasteiger partial charge in [-0.25, -0.2) is 13.1 Å². The SMILES string of the molecule is COc1ccc(S(=O)(=O)NCC(C)(C)c2c[nH]c3cc(Cl)ccc23)cc1. The van der Waals surface area contributed by atoms with Gasteiger partial charge in [0.15, 0.2) is 0 Å². The predicted octanol–water partition coefficient (Wildman–Crippen LogP) is 4.09. The zero-order valence-electron chi connectivity index (χ0n) is 14.8. The Hall–Kier alpha value is -2.02. The van der Waals surface area contributed by atoms with E-state index in [9.17, 15) is 8.42 Å². The Labute approximate surface area is 158 Å². The van der Waals surface area contributed by atoms with Crippen LogP contribution >= 0.6 is 11.6 Å². The maximum absolute atomic E-state index is 12.6. The Morgan fingerprint density at radius 2 is 1.85 bits per heavy atom. The van der Waals surface area contributed by atoms with Gasteiger partial charge < -0.3 is 9.72 Å². The molecule has 0 fully saturated rings. The molecule has 138 valence electrons. The third-order valence-corrected chi connectivity index (χ3v) is 6.10. The third-order valence-electron chi connectivity index (χ3n) is 4.45. The van der Waals surface area contributed by atoms with E-state index in [0.29, 0.717) is 10.8 Å². The number of hydrogen-bond acceptors (Lipinski definition) is 3. The minimum absolute atomic E-state index is 0.208. The van der Waals surface area contributed by atoms with Gasteiger partial charge in [0.2, 0.25) is 10.0 Å². The highest BCUT2D eigenvalue weighted by molar-refractivity contribution is 7.89. The van der Waals surface area contributed by atoms with Crippen LogP contribution in [0.2, 0.25) is 5.02 Å². The molecule has 0 aliphatic rings. The number of methoxy groups -OCH3 is 1. The lowest BCUT2D eigenvalue weighted by molar-refractivity contribution is 0.414. The van der Waals surface area contributed by atoms with E-state index in [1.165, 1.54) is 12.1 Å². The maximum Gasteiger partial charge on any atom is 0.240 e. The molecule has 0 radical (unpaired) electrons. The van der Waals surface area contributed by atoms with Crippen LogP contribution in [0.15, 0.2) is 53.6 Å². The number of nitrogens with one attached hydrogen (secondary N) is 2. The van der Waals surface area contributed by atoms with Crippen molar-refractivity contribution in [1.82, 2.24) is 9.71 Å². The van der Waals surface area contributed by atoms with Gasteiger partial charge in [-0.3, -0.25) is 0 Å². The molecule has 0 amide bonds. The smallest absolute Gasteiger partial charge is 0.240 e. The molecule has 3 rings (SSSR count). The number of fused-ring (bicyclic) bond motifs is 1. The molecule has 2 N–H and O–H groups in total. The molecule has 0 aliphatic carbocycles. The van der Waals surface area contributed by atoms with Crippen molar-refractivity contribution in [2.24, 2.45) is 0 Å². The molecule has 0 bridgehead atoms. The average Bonchev–Trinajstić information content (AvgIpc) is 3.04. The van der Waals surface area contributed by atoms with Gasteiger partial charge in [-0.15, -0.1) is 0 Å². The fraction of sp³-hybridized carbons (Fsp3) is 0.263. The summed E-state index contributed by atoms with van der Waals surface area (Å²) in [7, 11) is -2.07. The lowest BCUT2D eigenvalue weighted by atomic mass is 9.85. The van der Waals surface area contributed by atoms with Crippen molar-refractivity contribution in [2.45, 2.75) is 24.2 Å². The summed E-state index contributed by atoms with van der Waals surface area (Å²) < 4.78 is 32.9. The highest BCUT2D eigenvalue weighted by Crippen LogP contribution is 2.31. The highest BCUT2D eigenvalue weighted by atomic mass is 35.5. The molecule has 0 unspecified atom stereocenters. The first-order valence-corrected chi connectivity index (χ1v) is 10.00. The van der Waals surface area contributed by atoms with E-state index in [1.807, 2.05) is 38.2 Å². The highest BCUT2D eigenvalue weighted by Gasteiger charge is 2.26. The molecule has 1 heterocycles. The summed E-state index contributed by atoms with van der Waals surface area (Å²) in [5.41, 5.74) is 1.55.